The maximum absolute atomic E-state index is 12.7. The molecule has 3 fully saturated rings. The largest absolute Gasteiger partial charge is 0.444 e. The third kappa shape index (κ3) is 6.28. The van der Waals surface area contributed by atoms with Gasteiger partial charge in [-0.05, 0) is 111 Å². The number of rotatable bonds is 5. The summed E-state index contributed by atoms with van der Waals surface area (Å²) in [7, 11) is 0. The summed E-state index contributed by atoms with van der Waals surface area (Å²) in [5, 5.41) is 0. The van der Waals surface area contributed by atoms with Crippen LogP contribution in [0, 0.1) is 5.41 Å². The van der Waals surface area contributed by atoms with E-state index in [9.17, 15) is 4.79 Å². The van der Waals surface area contributed by atoms with Crippen LogP contribution in [0.2, 0.25) is 0 Å². The van der Waals surface area contributed by atoms with E-state index in [1.165, 1.54) is 49.7 Å². The van der Waals surface area contributed by atoms with Crippen LogP contribution in [0.25, 0.3) is 0 Å². The highest BCUT2D eigenvalue weighted by Crippen LogP contribution is 2.53. The maximum atomic E-state index is 12.7. The van der Waals surface area contributed by atoms with E-state index in [2.05, 4.69) is 66.1 Å². The first kappa shape index (κ1) is 29.7. The van der Waals surface area contributed by atoms with Crippen molar-refractivity contribution in [3.8, 4) is 0 Å². The van der Waals surface area contributed by atoms with E-state index < -0.39 is 5.60 Å². The molecule has 1 atom stereocenters. The molecule has 42 heavy (non-hydrogen) atoms. The number of carbonyl (C=O) groups is 1. The van der Waals surface area contributed by atoms with Crippen LogP contribution in [0.1, 0.15) is 113 Å². The lowest BCUT2D eigenvalue weighted by Gasteiger charge is -2.58. The fraction of sp³-hybridized carbons (Fsp3) is 0.649. The van der Waals surface area contributed by atoms with Gasteiger partial charge in [-0.2, -0.15) is 0 Å². The van der Waals surface area contributed by atoms with Crippen molar-refractivity contribution < 1.29 is 9.53 Å². The Morgan fingerprint density at radius 2 is 1.69 bits per heavy atom. The number of hydrogen-bond acceptors (Lipinski definition) is 4. The monoisotopic (exact) mass is 571 g/mol. The predicted octanol–water partition coefficient (Wildman–Crippen LogP) is 7.73. The van der Waals surface area contributed by atoms with Gasteiger partial charge < -0.3 is 9.64 Å². The maximum Gasteiger partial charge on any atom is 0.410 e. The summed E-state index contributed by atoms with van der Waals surface area (Å²) in [6.07, 6.45) is 9.77. The fourth-order valence-electron chi connectivity index (χ4n) is 8.37. The van der Waals surface area contributed by atoms with E-state index in [-0.39, 0.29) is 6.09 Å². The van der Waals surface area contributed by atoms with Crippen molar-refractivity contribution in [2.75, 3.05) is 32.7 Å². The number of benzene rings is 2. The summed E-state index contributed by atoms with van der Waals surface area (Å²) >= 11 is 0. The second kappa shape index (κ2) is 12.0. The summed E-state index contributed by atoms with van der Waals surface area (Å²) in [6.45, 7) is 16.7. The van der Waals surface area contributed by atoms with Crippen molar-refractivity contribution in [2.45, 2.75) is 116 Å². The Hall–Kier alpha value is -2.37. The molecule has 1 unspecified atom stereocenters. The first-order valence-corrected chi connectivity index (χ1v) is 16.8. The summed E-state index contributed by atoms with van der Waals surface area (Å²) < 4.78 is 5.66. The molecule has 2 aliphatic carbocycles. The van der Waals surface area contributed by atoms with E-state index >= 15 is 0 Å². The SMILES string of the molecule is CC(C)c1ccccc1C1CN(Cc2cccc3c2CCCC3)CCN1C1CC2(CCN(C(=O)OC(C)(C)C)CC2)C1. The molecule has 0 N–H and O–H groups in total. The number of carbonyl (C=O) groups excluding carboxylic acids is 1. The molecule has 1 amide bonds. The van der Waals surface area contributed by atoms with Crippen molar-refractivity contribution in [3.05, 3.63) is 70.3 Å². The Labute approximate surface area is 254 Å². The summed E-state index contributed by atoms with van der Waals surface area (Å²) in [4.78, 5) is 20.2. The van der Waals surface area contributed by atoms with Gasteiger partial charge in [0.05, 0.1) is 0 Å². The van der Waals surface area contributed by atoms with Crippen LogP contribution >= 0.6 is 0 Å². The summed E-state index contributed by atoms with van der Waals surface area (Å²) in [5.41, 5.74) is 7.80. The van der Waals surface area contributed by atoms with Crippen LogP contribution in [0.5, 0.6) is 0 Å². The number of amides is 1. The summed E-state index contributed by atoms with van der Waals surface area (Å²) in [5.74, 6) is 0.518. The number of hydrogen-bond donors (Lipinski definition) is 0. The van der Waals surface area contributed by atoms with Crippen molar-refractivity contribution in [1.29, 1.82) is 0 Å². The van der Waals surface area contributed by atoms with E-state index in [0.29, 0.717) is 23.4 Å². The molecule has 5 nitrogen and oxygen atoms in total. The van der Waals surface area contributed by atoms with Crippen LogP contribution in [0.4, 0.5) is 4.79 Å². The highest BCUT2D eigenvalue weighted by atomic mass is 16.6. The lowest BCUT2D eigenvalue weighted by atomic mass is 9.59. The number of fused-ring (bicyclic) bond motifs is 1. The zero-order chi connectivity index (χ0) is 29.5. The molecule has 1 spiro atoms. The molecule has 1 saturated carbocycles. The van der Waals surface area contributed by atoms with Crippen LogP contribution in [-0.4, -0.2) is 65.2 Å². The van der Waals surface area contributed by atoms with E-state index in [4.69, 9.17) is 4.74 Å². The van der Waals surface area contributed by atoms with Gasteiger partial charge in [0.25, 0.3) is 0 Å². The van der Waals surface area contributed by atoms with Gasteiger partial charge in [-0.25, -0.2) is 4.79 Å². The van der Waals surface area contributed by atoms with Crippen LogP contribution in [-0.2, 0) is 24.1 Å². The number of piperazine rings is 1. The number of aryl methyl sites for hydroxylation is 1. The third-order valence-electron chi connectivity index (χ3n) is 10.7. The topological polar surface area (TPSA) is 36.0 Å². The molecule has 0 radical (unpaired) electrons. The van der Waals surface area contributed by atoms with Gasteiger partial charge in [0.2, 0.25) is 0 Å². The molecule has 2 heterocycles. The number of piperidine rings is 1. The second-order valence-corrected chi connectivity index (χ2v) is 15.1. The number of nitrogens with zero attached hydrogens (tertiary/aromatic N) is 3. The van der Waals surface area contributed by atoms with Crippen molar-refractivity contribution in [1.82, 2.24) is 14.7 Å². The molecular formula is C37H53N3O2. The minimum absolute atomic E-state index is 0.144. The minimum atomic E-state index is -0.433. The highest BCUT2D eigenvalue weighted by Gasteiger charge is 2.50. The van der Waals surface area contributed by atoms with Gasteiger partial charge in [-0.1, -0.05) is 56.3 Å². The van der Waals surface area contributed by atoms with Crippen LogP contribution in [0.15, 0.2) is 42.5 Å². The lowest BCUT2D eigenvalue weighted by Crippen LogP contribution is -2.60. The first-order valence-electron chi connectivity index (χ1n) is 16.8. The third-order valence-corrected chi connectivity index (χ3v) is 10.7. The Morgan fingerprint density at radius 1 is 0.952 bits per heavy atom. The molecule has 6 rings (SSSR count). The van der Waals surface area contributed by atoms with Crippen molar-refractivity contribution in [2.24, 2.45) is 5.41 Å². The minimum Gasteiger partial charge on any atom is -0.444 e. The van der Waals surface area contributed by atoms with Gasteiger partial charge in [-0.15, -0.1) is 0 Å². The Kier molecular flexibility index (Phi) is 8.45. The Bertz CT molecular complexity index is 1250. The highest BCUT2D eigenvalue weighted by molar-refractivity contribution is 5.68. The Balaban J connectivity index is 1.16. The second-order valence-electron chi connectivity index (χ2n) is 15.1. The Morgan fingerprint density at radius 3 is 2.43 bits per heavy atom. The molecule has 2 aliphatic heterocycles. The lowest BCUT2D eigenvalue weighted by molar-refractivity contribution is -0.0783. The summed E-state index contributed by atoms with van der Waals surface area (Å²) in [6, 6.07) is 17.4. The zero-order valence-corrected chi connectivity index (χ0v) is 26.8. The average Bonchev–Trinajstić information content (AvgIpc) is 2.95. The molecule has 228 valence electrons. The molecule has 5 heteroatoms. The molecular weight excluding hydrogens is 518 g/mol. The van der Waals surface area contributed by atoms with E-state index in [0.717, 1.165) is 52.1 Å². The molecule has 4 aliphatic rings. The zero-order valence-electron chi connectivity index (χ0n) is 26.8. The van der Waals surface area contributed by atoms with Gasteiger partial charge in [-0.3, -0.25) is 9.80 Å². The molecule has 0 aromatic heterocycles. The first-order chi connectivity index (χ1) is 20.1. The van der Waals surface area contributed by atoms with Gasteiger partial charge >= 0.3 is 6.09 Å². The smallest absolute Gasteiger partial charge is 0.410 e. The van der Waals surface area contributed by atoms with Crippen molar-refractivity contribution >= 4 is 6.09 Å². The molecule has 2 aromatic carbocycles. The van der Waals surface area contributed by atoms with Crippen LogP contribution < -0.4 is 0 Å². The molecule has 0 bridgehead atoms. The average molecular weight is 572 g/mol. The van der Waals surface area contributed by atoms with Gasteiger partial charge in [0, 0.05) is 51.4 Å². The number of likely N-dealkylation sites (tertiary alicyclic amines) is 1. The molecule has 2 aromatic rings. The quantitative estimate of drug-likeness (QED) is 0.368. The number of ether oxygens (including phenoxy) is 1. The standard InChI is InChI=1S/C37H53N3O2/c1-27(2)31-14-8-9-16-33(31)34-26-38(25-29-13-10-12-28-11-6-7-15-32(28)29)21-22-40(34)30-23-37(24-30)17-19-39(20-18-37)35(41)42-36(3,4)5/h8-10,12-14,16,27,30,34H,6-7,11,15,17-26H2,1-5H3. The molecule has 2 saturated heterocycles. The van der Waals surface area contributed by atoms with Crippen LogP contribution in [0.3, 0.4) is 0 Å². The van der Waals surface area contributed by atoms with E-state index in [1.807, 2.05) is 25.7 Å². The van der Waals surface area contributed by atoms with Crippen molar-refractivity contribution in [3.63, 3.8) is 0 Å². The predicted molar refractivity (Wildman–Crippen MR) is 171 cm³/mol. The van der Waals surface area contributed by atoms with Gasteiger partial charge in [0.15, 0.2) is 0 Å². The fourth-order valence-corrected chi connectivity index (χ4v) is 8.37. The van der Waals surface area contributed by atoms with Gasteiger partial charge in [0.1, 0.15) is 5.60 Å². The van der Waals surface area contributed by atoms with E-state index in [1.54, 1.807) is 16.7 Å². The normalized spacial score (nSPS) is 23.6.